The normalized spacial score (nSPS) is 13.5. The lowest BCUT2D eigenvalue weighted by Crippen LogP contribution is -2.05. The first kappa shape index (κ1) is 10.3. The van der Waals surface area contributed by atoms with Crippen molar-refractivity contribution in [1.29, 1.82) is 0 Å². The predicted octanol–water partition coefficient (Wildman–Crippen LogP) is 2.86. The van der Waals surface area contributed by atoms with E-state index < -0.39 is 0 Å². The lowest BCUT2D eigenvalue weighted by Gasteiger charge is -2.04. The summed E-state index contributed by atoms with van der Waals surface area (Å²) in [6, 6.07) is 0. The van der Waals surface area contributed by atoms with Crippen molar-refractivity contribution >= 4 is 0 Å². The number of nitrogens with one attached hydrogen (secondary N) is 1. The summed E-state index contributed by atoms with van der Waals surface area (Å²) < 4.78 is 0. The van der Waals surface area contributed by atoms with Gasteiger partial charge in [0.1, 0.15) is 0 Å². The van der Waals surface area contributed by atoms with Gasteiger partial charge in [0.25, 0.3) is 0 Å². The molecule has 0 heterocycles. The molecule has 0 aliphatic heterocycles. The highest BCUT2D eigenvalue weighted by atomic mass is 14.8. The number of hydrogen-bond donors (Lipinski definition) is 1. The maximum Gasteiger partial charge on any atom is 0.0323 e. The molecule has 11 heavy (non-hydrogen) atoms. The molecule has 0 amide bonds. The van der Waals surface area contributed by atoms with Gasteiger partial charge >= 0.3 is 0 Å². The Kier molecular flexibility index (Phi) is 5.63. The average Bonchev–Trinajstić information content (AvgIpc) is 2.05. The molecule has 0 rings (SSSR count). The molecule has 0 bridgehead atoms. The fourth-order valence-corrected chi connectivity index (χ4v) is 0.865. The van der Waals surface area contributed by atoms with Gasteiger partial charge in [0.15, 0.2) is 0 Å². The summed E-state index contributed by atoms with van der Waals surface area (Å²) in [5.41, 5.74) is 2.67. The van der Waals surface area contributed by atoms with Crippen LogP contribution in [-0.4, -0.2) is 7.05 Å². The molecule has 0 aromatic rings. The standard InChI is InChI=1S/C10H19N/c1-5-7-8-10(11-4)9(3)6-2/h7-8,11H,5-6H2,1-4H3/b8-7-,10-9-. The molecule has 0 aliphatic carbocycles. The van der Waals surface area contributed by atoms with E-state index in [-0.39, 0.29) is 0 Å². The maximum absolute atomic E-state index is 3.18. The fraction of sp³-hybridized carbons (Fsp3) is 0.600. The van der Waals surface area contributed by atoms with Crippen LogP contribution in [0.3, 0.4) is 0 Å². The zero-order valence-electron chi connectivity index (χ0n) is 8.07. The second-order valence-corrected chi connectivity index (χ2v) is 2.61. The van der Waals surface area contributed by atoms with Gasteiger partial charge in [-0.15, -0.1) is 0 Å². The van der Waals surface area contributed by atoms with Crippen LogP contribution in [0.25, 0.3) is 0 Å². The van der Waals surface area contributed by atoms with Crippen molar-refractivity contribution in [3.63, 3.8) is 0 Å². The van der Waals surface area contributed by atoms with E-state index in [1.165, 1.54) is 11.3 Å². The highest BCUT2D eigenvalue weighted by Gasteiger charge is 1.91. The Morgan fingerprint density at radius 1 is 1.36 bits per heavy atom. The molecule has 1 N–H and O–H groups in total. The molecule has 0 saturated heterocycles. The van der Waals surface area contributed by atoms with Crippen LogP contribution in [0.2, 0.25) is 0 Å². The molecule has 0 fully saturated rings. The van der Waals surface area contributed by atoms with E-state index in [0.29, 0.717) is 0 Å². The van der Waals surface area contributed by atoms with Crippen LogP contribution >= 0.6 is 0 Å². The largest absolute Gasteiger partial charge is 0.388 e. The Morgan fingerprint density at radius 2 is 2.00 bits per heavy atom. The van der Waals surface area contributed by atoms with Gasteiger partial charge in [0, 0.05) is 12.7 Å². The van der Waals surface area contributed by atoms with E-state index in [2.05, 4.69) is 38.2 Å². The Labute approximate surface area is 70.2 Å². The second-order valence-electron chi connectivity index (χ2n) is 2.61. The Bertz CT molecular complexity index is 154. The predicted molar refractivity (Wildman–Crippen MR) is 51.5 cm³/mol. The Balaban J connectivity index is 4.26. The van der Waals surface area contributed by atoms with Crippen LogP contribution in [0.15, 0.2) is 23.4 Å². The molecule has 0 spiro atoms. The molecule has 0 atom stereocenters. The highest BCUT2D eigenvalue weighted by Crippen LogP contribution is 2.05. The molecular weight excluding hydrogens is 134 g/mol. The van der Waals surface area contributed by atoms with Crippen molar-refractivity contribution in [2.75, 3.05) is 7.05 Å². The molecule has 64 valence electrons. The molecule has 0 aliphatic rings. The van der Waals surface area contributed by atoms with Gasteiger partial charge in [-0.25, -0.2) is 0 Å². The minimum absolute atomic E-state index is 1.10. The monoisotopic (exact) mass is 153 g/mol. The van der Waals surface area contributed by atoms with Gasteiger partial charge < -0.3 is 5.32 Å². The lowest BCUT2D eigenvalue weighted by molar-refractivity contribution is 0.952. The average molecular weight is 153 g/mol. The van der Waals surface area contributed by atoms with E-state index >= 15 is 0 Å². The third kappa shape index (κ3) is 3.87. The van der Waals surface area contributed by atoms with Crippen LogP contribution in [0.1, 0.15) is 33.6 Å². The van der Waals surface area contributed by atoms with Crippen LogP contribution in [0, 0.1) is 0 Å². The van der Waals surface area contributed by atoms with Crippen molar-refractivity contribution in [3.05, 3.63) is 23.4 Å². The summed E-state index contributed by atoms with van der Waals surface area (Å²) in [5.74, 6) is 0. The molecule has 0 radical (unpaired) electrons. The smallest absolute Gasteiger partial charge is 0.0323 e. The quantitative estimate of drug-likeness (QED) is 0.612. The third-order valence-electron chi connectivity index (χ3n) is 1.78. The fourth-order valence-electron chi connectivity index (χ4n) is 0.865. The van der Waals surface area contributed by atoms with Crippen molar-refractivity contribution in [3.8, 4) is 0 Å². The van der Waals surface area contributed by atoms with Gasteiger partial charge in [-0.1, -0.05) is 25.5 Å². The lowest BCUT2D eigenvalue weighted by atomic mass is 10.1. The van der Waals surface area contributed by atoms with Crippen molar-refractivity contribution in [2.24, 2.45) is 0 Å². The maximum atomic E-state index is 3.18. The molecule has 1 nitrogen and oxygen atoms in total. The Morgan fingerprint density at radius 3 is 2.36 bits per heavy atom. The van der Waals surface area contributed by atoms with Crippen molar-refractivity contribution in [2.45, 2.75) is 33.6 Å². The highest BCUT2D eigenvalue weighted by molar-refractivity contribution is 5.22. The zero-order valence-corrected chi connectivity index (χ0v) is 8.07. The van der Waals surface area contributed by atoms with Crippen LogP contribution in [0.5, 0.6) is 0 Å². The van der Waals surface area contributed by atoms with E-state index in [1.54, 1.807) is 0 Å². The zero-order chi connectivity index (χ0) is 8.69. The SMILES string of the molecule is CC/C=C\C(NC)=C(/C)CC. The first-order valence-corrected chi connectivity index (χ1v) is 4.30. The van der Waals surface area contributed by atoms with Gasteiger partial charge in [0.05, 0.1) is 0 Å². The van der Waals surface area contributed by atoms with Crippen molar-refractivity contribution < 1.29 is 0 Å². The molecule has 0 aromatic heterocycles. The summed E-state index contributed by atoms with van der Waals surface area (Å²) >= 11 is 0. The van der Waals surface area contributed by atoms with E-state index in [1.807, 2.05) is 7.05 Å². The third-order valence-corrected chi connectivity index (χ3v) is 1.78. The van der Waals surface area contributed by atoms with E-state index in [4.69, 9.17) is 0 Å². The minimum Gasteiger partial charge on any atom is -0.388 e. The van der Waals surface area contributed by atoms with Crippen LogP contribution in [-0.2, 0) is 0 Å². The summed E-state index contributed by atoms with van der Waals surface area (Å²) in [7, 11) is 1.97. The number of likely N-dealkylation sites (N-methyl/N-ethyl adjacent to an activating group) is 1. The van der Waals surface area contributed by atoms with Crippen LogP contribution in [0.4, 0.5) is 0 Å². The molecule has 0 unspecified atom stereocenters. The van der Waals surface area contributed by atoms with Gasteiger partial charge in [-0.2, -0.15) is 0 Å². The van der Waals surface area contributed by atoms with Gasteiger partial charge in [-0.3, -0.25) is 0 Å². The summed E-state index contributed by atoms with van der Waals surface area (Å²) in [6.45, 7) is 6.48. The molecule has 0 aromatic carbocycles. The Hall–Kier alpha value is -0.720. The molecule has 0 saturated carbocycles. The van der Waals surface area contributed by atoms with E-state index in [0.717, 1.165) is 12.8 Å². The molecular formula is C10H19N. The summed E-state index contributed by atoms with van der Waals surface area (Å²) in [5, 5.41) is 3.18. The first-order chi connectivity index (χ1) is 5.26. The molecule has 1 heteroatoms. The van der Waals surface area contributed by atoms with Gasteiger partial charge in [0.2, 0.25) is 0 Å². The van der Waals surface area contributed by atoms with Gasteiger partial charge in [-0.05, 0) is 25.8 Å². The van der Waals surface area contributed by atoms with Crippen molar-refractivity contribution in [1.82, 2.24) is 5.32 Å². The van der Waals surface area contributed by atoms with Crippen LogP contribution < -0.4 is 5.32 Å². The number of hydrogen-bond acceptors (Lipinski definition) is 1. The number of allylic oxidation sites excluding steroid dienone is 3. The topological polar surface area (TPSA) is 12.0 Å². The minimum atomic E-state index is 1.10. The first-order valence-electron chi connectivity index (χ1n) is 4.30. The number of rotatable bonds is 4. The second kappa shape index (κ2) is 6.02. The summed E-state index contributed by atoms with van der Waals surface area (Å²) in [6.07, 6.45) is 6.54. The van der Waals surface area contributed by atoms with E-state index in [9.17, 15) is 0 Å². The summed E-state index contributed by atoms with van der Waals surface area (Å²) in [4.78, 5) is 0.